The summed E-state index contributed by atoms with van der Waals surface area (Å²) in [6.07, 6.45) is 4.18. The van der Waals surface area contributed by atoms with Gasteiger partial charge in [0.15, 0.2) is 5.72 Å². The number of nitrogens with one attached hydrogen (secondary N) is 2. The molecule has 0 saturated heterocycles. The van der Waals surface area contributed by atoms with Crippen molar-refractivity contribution in [1.82, 2.24) is 10.6 Å². The van der Waals surface area contributed by atoms with Crippen LogP contribution in [0, 0.1) is 17.8 Å². The van der Waals surface area contributed by atoms with Crippen LogP contribution in [0.5, 0.6) is 11.5 Å². The first-order valence-corrected chi connectivity index (χ1v) is 11.1. The highest BCUT2D eigenvalue weighted by atomic mass is 16.5. The van der Waals surface area contributed by atoms with Gasteiger partial charge in [0.25, 0.3) is 5.91 Å². The van der Waals surface area contributed by atoms with Gasteiger partial charge in [0.05, 0.1) is 12.7 Å². The molecule has 1 heterocycles. The number of fused-ring (bicyclic) bond motifs is 3. The molecule has 0 radical (unpaired) electrons. The summed E-state index contributed by atoms with van der Waals surface area (Å²) >= 11 is 0. The van der Waals surface area contributed by atoms with Crippen molar-refractivity contribution in [3.05, 3.63) is 59.7 Å². The third-order valence-electron chi connectivity index (χ3n) is 7.16. The Morgan fingerprint density at radius 1 is 1.23 bits per heavy atom. The molecule has 1 spiro atoms. The van der Waals surface area contributed by atoms with E-state index in [1.807, 2.05) is 18.2 Å². The van der Waals surface area contributed by atoms with Gasteiger partial charge in [-0.05, 0) is 49.3 Å². The standard InChI is InChI=1S/C25H28N2O4/c1-30-19-9-10-20-22(14-19)31-25(27-24(20)29)15-17-7-8-18(25)13-21(17)23(28)26-12-11-16-5-3-2-4-6-16/h2-6,9-10,14,17-18,21H,7-8,11-13,15H2,1H3,(H,26,28)(H,27,29)/t17-,18-,21+,25-/m1/s1. The first kappa shape index (κ1) is 19.9. The number of ether oxygens (including phenoxy) is 2. The van der Waals surface area contributed by atoms with Crippen molar-refractivity contribution in [2.45, 2.75) is 37.8 Å². The zero-order valence-electron chi connectivity index (χ0n) is 17.7. The number of rotatable bonds is 5. The molecule has 2 aromatic carbocycles. The number of hydrogen-bond acceptors (Lipinski definition) is 4. The largest absolute Gasteiger partial charge is 0.497 e. The van der Waals surface area contributed by atoms with Crippen LogP contribution in [0.3, 0.4) is 0 Å². The monoisotopic (exact) mass is 420 g/mol. The number of amides is 2. The number of carbonyl (C=O) groups is 2. The lowest BCUT2D eigenvalue weighted by Crippen LogP contribution is -2.67. The van der Waals surface area contributed by atoms with Crippen LogP contribution in [0.1, 0.15) is 41.6 Å². The zero-order chi connectivity index (χ0) is 21.4. The Morgan fingerprint density at radius 3 is 2.81 bits per heavy atom. The number of carbonyl (C=O) groups excluding carboxylic acids is 2. The summed E-state index contributed by atoms with van der Waals surface area (Å²) in [6.45, 7) is 0.641. The van der Waals surface area contributed by atoms with Crippen LogP contribution in [0.4, 0.5) is 0 Å². The molecule has 2 bridgehead atoms. The lowest BCUT2D eigenvalue weighted by molar-refractivity contribution is -0.146. The Labute approximate surface area is 182 Å². The van der Waals surface area contributed by atoms with Crippen LogP contribution >= 0.6 is 0 Å². The summed E-state index contributed by atoms with van der Waals surface area (Å²) < 4.78 is 11.7. The third-order valence-corrected chi connectivity index (χ3v) is 7.16. The van der Waals surface area contributed by atoms with Gasteiger partial charge in [-0.3, -0.25) is 9.59 Å². The van der Waals surface area contributed by atoms with Gasteiger partial charge in [-0.1, -0.05) is 30.3 Å². The van der Waals surface area contributed by atoms with Crippen LogP contribution < -0.4 is 20.1 Å². The van der Waals surface area contributed by atoms with Crippen LogP contribution in [0.15, 0.2) is 48.5 Å². The van der Waals surface area contributed by atoms with Crippen LogP contribution in [0.2, 0.25) is 0 Å². The highest BCUT2D eigenvalue weighted by molar-refractivity contribution is 5.98. The summed E-state index contributed by atoms with van der Waals surface area (Å²) in [5.41, 5.74) is 1.03. The van der Waals surface area contributed by atoms with Crippen LogP contribution in [-0.4, -0.2) is 31.2 Å². The van der Waals surface area contributed by atoms with Crippen molar-refractivity contribution < 1.29 is 19.1 Å². The van der Waals surface area contributed by atoms with E-state index in [0.29, 0.717) is 30.0 Å². The average Bonchev–Trinajstić information content (AvgIpc) is 2.79. The van der Waals surface area contributed by atoms with Gasteiger partial charge in [-0.2, -0.15) is 0 Å². The first-order chi connectivity index (χ1) is 15.1. The van der Waals surface area contributed by atoms with E-state index in [0.717, 1.165) is 25.7 Å². The molecule has 1 aliphatic heterocycles. The van der Waals surface area contributed by atoms with Crippen molar-refractivity contribution in [1.29, 1.82) is 0 Å². The van der Waals surface area contributed by atoms with Gasteiger partial charge in [-0.15, -0.1) is 0 Å². The maximum atomic E-state index is 12.9. The van der Waals surface area contributed by atoms with Gasteiger partial charge in [-0.25, -0.2) is 0 Å². The summed E-state index contributed by atoms with van der Waals surface area (Å²) in [5.74, 6) is 1.55. The minimum atomic E-state index is -0.722. The van der Waals surface area contributed by atoms with E-state index in [-0.39, 0.29) is 29.6 Å². The average molecular weight is 421 g/mol. The molecule has 2 aromatic rings. The smallest absolute Gasteiger partial charge is 0.258 e. The van der Waals surface area contributed by atoms with E-state index < -0.39 is 5.72 Å². The Kier molecular flexibility index (Phi) is 5.08. The zero-order valence-corrected chi connectivity index (χ0v) is 17.7. The molecule has 2 N–H and O–H groups in total. The molecule has 6 heteroatoms. The molecule has 3 aliphatic carbocycles. The van der Waals surface area contributed by atoms with Gasteiger partial charge in [0, 0.05) is 30.9 Å². The third kappa shape index (κ3) is 3.64. The maximum Gasteiger partial charge on any atom is 0.258 e. The predicted molar refractivity (Wildman–Crippen MR) is 116 cm³/mol. The van der Waals surface area contributed by atoms with Gasteiger partial charge in [0.1, 0.15) is 11.5 Å². The summed E-state index contributed by atoms with van der Waals surface area (Å²) in [7, 11) is 1.60. The predicted octanol–water partition coefficient (Wildman–Crippen LogP) is 3.31. The van der Waals surface area contributed by atoms with E-state index in [1.165, 1.54) is 5.56 Å². The number of methoxy groups -OCH3 is 1. The number of hydrogen-bond donors (Lipinski definition) is 2. The molecule has 6 nitrogen and oxygen atoms in total. The summed E-state index contributed by atoms with van der Waals surface area (Å²) in [5, 5.41) is 6.28. The molecule has 4 aliphatic rings. The molecular weight excluding hydrogens is 392 g/mol. The Balaban J connectivity index is 1.26. The van der Waals surface area contributed by atoms with Crippen molar-refractivity contribution in [3.8, 4) is 11.5 Å². The van der Waals surface area contributed by atoms with E-state index >= 15 is 0 Å². The molecule has 31 heavy (non-hydrogen) atoms. The van der Waals surface area contributed by atoms with Crippen LogP contribution in [-0.2, 0) is 11.2 Å². The molecular formula is C25H28N2O4. The van der Waals surface area contributed by atoms with Gasteiger partial charge < -0.3 is 20.1 Å². The molecule has 3 fully saturated rings. The van der Waals surface area contributed by atoms with E-state index in [1.54, 1.807) is 25.3 Å². The highest BCUT2D eigenvalue weighted by Crippen LogP contribution is 2.52. The summed E-state index contributed by atoms with van der Waals surface area (Å²) in [4.78, 5) is 25.8. The van der Waals surface area contributed by atoms with Crippen molar-refractivity contribution in [2.24, 2.45) is 17.8 Å². The Bertz CT molecular complexity index is 992. The van der Waals surface area contributed by atoms with Crippen molar-refractivity contribution >= 4 is 11.8 Å². The SMILES string of the molecule is COc1ccc2c(c1)O[C@@]1(C[C@H]3CC[C@@H]1C[C@@H]3C(=O)NCCc1ccccc1)NC2=O. The highest BCUT2D eigenvalue weighted by Gasteiger charge is 2.57. The summed E-state index contributed by atoms with van der Waals surface area (Å²) in [6, 6.07) is 15.5. The second-order valence-corrected chi connectivity index (χ2v) is 8.92. The minimum absolute atomic E-state index is 0.0210. The Morgan fingerprint density at radius 2 is 2.06 bits per heavy atom. The fourth-order valence-corrected chi connectivity index (χ4v) is 5.55. The van der Waals surface area contributed by atoms with E-state index in [2.05, 4.69) is 22.8 Å². The molecule has 6 rings (SSSR count). The molecule has 0 unspecified atom stereocenters. The van der Waals surface area contributed by atoms with Gasteiger partial charge >= 0.3 is 0 Å². The van der Waals surface area contributed by atoms with Crippen molar-refractivity contribution in [3.63, 3.8) is 0 Å². The fraction of sp³-hybridized carbons (Fsp3) is 0.440. The molecule has 3 saturated carbocycles. The minimum Gasteiger partial charge on any atom is -0.497 e. The van der Waals surface area contributed by atoms with E-state index in [9.17, 15) is 9.59 Å². The lowest BCUT2D eigenvalue weighted by atomic mass is 9.60. The maximum absolute atomic E-state index is 12.9. The lowest BCUT2D eigenvalue weighted by Gasteiger charge is -2.55. The normalized spacial score (nSPS) is 28.4. The topological polar surface area (TPSA) is 76.7 Å². The molecule has 162 valence electrons. The fourth-order valence-electron chi connectivity index (χ4n) is 5.55. The Hall–Kier alpha value is -3.02. The van der Waals surface area contributed by atoms with Crippen molar-refractivity contribution in [2.75, 3.05) is 13.7 Å². The van der Waals surface area contributed by atoms with Crippen LogP contribution in [0.25, 0.3) is 0 Å². The van der Waals surface area contributed by atoms with E-state index in [4.69, 9.17) is 9.47 Å². The quantitative estimate of drug-likeness (QED) is 0.778. The molecule has 2 amide bonds. The second-order valence-electron chi connectivity index (χ2n) is 8.92. The number of benzene rings is 2. The second kappa shape index (κ2) is 7.91. The first-order valence-electron chi connectivity index (χ1n) is 11.1. The molecule has 4 atom stereocenters. The molecule has 0 aromatic heterocycles. The van der Waals surface area contributed by atoms with Gasteiger partial charge in [0.2, 0.25) is 5.91 Å².